The van der Waals surface area contributed by atoms with Crippen molar-refractivity contribution in [3.05, 3.63) is 60.4 Å². The van der Waals surface area contributed by atoms with Crippen molar-refractivity contribution in [2.45, 2.75) is 12.9 Å². The van der Waals surface area contributed by atoms with Crippen LogP contribution in [-0.4, -0.2) is 21.3 Å². The molecule has 2 rings (SSSR count). The second-order valence-electron chi connectivity index (χ2n) is 3.80. The number of phenolic OH excluding ortho intramolecular Hbond substituents is 1. The minimum atomic E-state index is -2.35. The molecule has 0 amide bonds. The highest BCUT2D eigenvalue weighted by Crippen LogP contribution is 2.18. The summed E-state index contributed by atoms with van der Waals surface area (Å²) in [4.78, 5) is 0. The minimum Gasteiger partial charge on any atom is -0.508 e. The zero-order valence-corrected chi connectivity index (χ0v) is 10.3. The first-order valence-electron chi connectivity index (χ1n) is 5.51. The number of ether oxygens (including phenoxy) is 1. The third-order valence-electron chi connectivity index (χ3n) is 1.90. The number of hydrogen-bond acceptors (Lipinski definition) is 4. The van der Waals surface area contributed by atoms with Crippen LogP contribution in [0.2, 0.25) is 0 Å². The highest BCUT2D eigenvalue weighted by Gasteiger charge is 2.18. The van der Waals surface area contributed by atoms with Crippen molar-refractivity contribution < 1.29 is 24.4 Å². The topological polar surface area (TPSA) is 69.9 Å². The van der Waals surface area contributed by atoms with E-state index >= 15 is 0 Å². The van der Waals surface area contributed by atoms with Crippen molar-refractivity contribution in [1.29, 1.82) is 0 Å². The minimum absolute atomic E-state index is 0.190. The molecule has 0 heterocycles. The number of phenols is 1. The van der Waals surface area contributed by atoms with E-state index in [9.17, 15) is 4.39 Å². The Labute approximate surface area is 110 Å². The molecule has 0 aliphatic carbocycles. The van der Waals surface area contributed by atoms with Crippen LogP contribution in [0.15, 0.2) is 54.6 Å². The molecule has 0 saturated carbocycles. The van der Waals surface area contributed by atoms with Gasteiger partial charge in [-0.2, -0.15) is 0 Å². The zero-order chi connectivity index (χ0) is 14.3. The summed E-state index contributed by atoms with van der Waals surface area (Å²) < 4.78 is 17.2. The van der Waals surface area contributed by atoms with Crippen molar-refractivity contribution in [2.24, 2.45) is 0 Å². The Morgan fingerprint density at radius 2 is 1.47 bits per heavy atom. The van der Waals surface area contributed by atoms with E-state index in [0.717, 1.165) is 6.92 Å². The van der Waals surface area contributed by atoms with Gasteiger partial charge in [0.25, 0.3) is 0 Å². The van der Waals surface area contributed by atoms with E-state index in [-0.39, 0.29) is 5.75 Å². The van der Waals surface area contributed by atoms with Crippen molar-refractivity contribution in [3.8, 4) is 11.5 Å². The monoisotopic (exact) mass is 266 g/mol. The van der Waals surface area contributed by atoms with Crippen LogP contribution < -0.4 is 4.74 Å². The summed E-state index contributed by atoms with van der Waals surface area (Å²) >= 11 is 0. The van der Waals surface area contributed by atoms with Gasteiger partial charge in [0, 0.05) is 6.92 Å². The van der Waals surface area contributed by atoms with Crippen molar-refractivity contribution in [2.75, 3.05) is 0 Å². The average molecular weight is 266 g/mol. The average Bonchev–Trinajstić information content (AvgIpc) is 2.32. The summed E-state index contributed by atoms with van der Waals surface area (Å²) in [5, 5.41) is 26.2. The van der Waals surface area contributed by atoms with Crippen LogP contribution in [0.5, 0.6) is 11.5 Å². The fourth-order valence-corrected chi connectivity index (χ4v) is 1.16. The molecule has 19 heavy (non-hydrogen) atoms. The third kappa shape index (κ3) is 6.40. The first kappa shape index (κ1) is 14.9. The fourth-order valence-electron chi connectivity index (χ4n) is 1.16. The second-order valence-corrected chi connectivity index (χ2v) is 3.80. The first-order chi connectivity index (χ1) is 8.88. The van der Waals surface area contributed by atoms with Gasteiger partial charge in [-0.3, -0.25) is 0 Å². The Kier molecular flexibility index (Phi) is 5.29. The van der Waals surface area contributed by atoms with E-state index in [0.29, 0.717) is 5.75 Å². The third-order valence-corrected chi connectivity index (χ3v) is 1.90. The van der Waals surface area contributed by atoms with Crippen LogP contribution in [0.1, 0.15) is 6.92 Å². The molecule has 0 spiro atoms. The van der Waals surface area contributed by atoms with Gasteiger partial charge in [0.15, 0.2) is 11.6 Å². The molecule has 0 saturated heterocycles. The Morgan fingerprint density at radius 3 is 1.89 bits per heavy atom. The van der Waals surface area contributed by atoms with Gasteiger partial charge in [-0.05, 0) is 24.3 Å². The van der Waals surface area contributed by atoms with Crippen LogP contribution in [-0.2, 0) is 0 Å². The van der Waals surface area contributed by atoms with Crippen LogP contribution >= 0.6 is 0 Å². The largest absolute Gasteiger partial charge is 0.508 e. The van der Waals surface area contributed by atoms with Gasteiger partial charge in [0.2, 0.25) is 0 Å². The lowest BCUT2D eigenvalue weighted by Gasteiger charge is -2.17. The molecule has 0 aliphatic heterocycles. The molecule has 0 radical (unpaired) electrons. The van der Waals surface area contributed by atoms with Crippen molar-refractivity contribution in [3.63, 3.8) is 0 Å². The van der Waals surface area contributed by atoms with E-state index < -0.39 is 11.8 Å². The second kappa shape index (κ2) is 6.72. The Bertz CT molecular complexity index is 494. The lowest BCUT2D eigenvalue weighted by Crippen LogP contribution is -2.31. The first-order valence-corrected chi connectivity index (χ1v) is 5.51. The standard InChI is InChI=1S/C8H9FO3.C6H6O/c1-8(10,11)12-7-5-3-2-4-6(7)9;7-6-4-2-1-3-5-6/h2-5,10-11H,1H3;1-5,7H. The van der Waals surface area contributed by atoms with Crippen LogP contribution in [0.3, 0.4) is 0 Å². The molecular formula is C14H15FO4. The van der Waals surface area contributed by atoms with Gasteiger partial charge in [0.1, 0.15) is 5.75 Å². The molecule has 0 aliphatic rings. The maximum absolute atomic E-state index is 12.8. The van der Waals surface area contributed by atoms with Gasteiger partial charge >= 0.3 is 5.97 Å². The molecule has 2 aromatic rings. The maximum atomic E-state index is 12.8. The Balaban J connectivity index is 0.000000218. The molecule has 0 bridgehead atoms. The van der Waals surface area contributed by atoms with Crippen LogP contribution in [0, 0.1) is 5.82 Å². The molecule has 0 fully saturated rings. The van der Waals surface area contributed by atoms with Crippen molar-refractivity contribution in [1.82, 2.24) is 0 Å². The highest BCUT2D eigenvalue weighted by molar-refractivity contribution is 5.23. The molecule has 5 heteroatoms. The molecule has 0 unspecified atom stereocenters. The molecule has 0 aromatic heterocycles. The van der Waals surface area contributed by atoms with E-state index in [2.05, 4.69) is 4.74 Å². The summed E-state index contributed by atoms with van der Waals surface area (Å²) in [5.74, 6) is -2.85. The Morgan fingerprint density at radius 1 is 0.947 bits per heavy atom. The molecular weight excluding hydrogens is 251 g/mol. The zero-order valence-electron chi connectivity index (χ0n) is 10.3. The number of para-hydroxylation sites is 2. The maximum Gasteiger partial charge on any atom is 0.318 e. The number of rotatable bonds is 2. The van der Waals surface area contributed by atoms with Crippen LogP contribution in [0.25, 0.3) is 0 Å². The number of hydrogen-bond donors (Lipinski definition) is 3. The molecule has 3 N–H and O–H groups in total. The number of halogens is 1. The summed E-state index contributed by atoms with van der Waals surface area (Å²) in [5.41, 5.74) is 0. The van der Waals surface area contributed by atoms with Crippen LogP contribution in [0.4, 0.5) is 4.39 Å². The number of benzene rings is 2. The lowest BCUT2D eigenvalue weighted by atomic mass is 10.3. The van der Waals surface area contributed by atoms with E-state index in [1.165, 1.54) is 24.3 Å². The van der Waals surface area contributed by atoms with Gasteiger partial charge < -0.3 is 20.1 Å². The lowest BCUT2D eigenvalue weighted by molar-refractivity contribution is -0.278. The van der Waals surface area contributed by atoms with Gasteiger partial charge in [0.05, 0.1) is 0 Å². The highest BCUT2D eigenvalue weighted by atomic mass is 19.1. The quantitative estimate of drug-likeness (QED) is 0.729. The summed E-state index contributed by atoms with van der Waals surface area (Å²) in [6.45, 7) is 0.999. The summed E-state index contributed by atoms with van der Waals surface area (Å²) in [7, 11) is 0. The van der Waals surface area contributed by atoms with Gasteiger partial charge in [-0.1, -0.05) is 30.3 Å². The fraction of sp³-hybridized carbons (Fsp3) is 0.143. The van der Waals surface area contributed by atoms with E-state index in [1.54, 1.807) is 24.3 Å². The molecule has 102 valence electrons. The SMILES string of the molecule is CC(O)(O)Oc1ccccc1F.Oc1ccccc1. The Hall–Kier alpha value is -2.11. The van der Waals surface area contributed by atoms with Gasteiger partial charge in [-0.25, -0.2) is 4.39 Å². The smallest absolute Gasteiger partial charge is 0.318 e. The molecule has 4 nitrogen and oxygen atoms in total. The van der Waals surface area contributed by atoms with Gasteiger partial charge in [-0.15, -0.1) is 0 Å². The van der Waals surface area contributed by atoms with Crippen molar-refractivity contribution >= 4 is 0 Å². The summed E-state index contributed by atoms with van der Waals surface area (Å²) in [6.07, 6.45) is 0. The molecule has 0 atom stereocenters. The number of aromatic hydroxyl groups is 1. The summed E-state index contributed by atoms with van der Waals surface area (Å²) in [6, 6.07) is 14.2. The normalized spacial score (nSPS) is 10.3. The predicted octanol–water partition coefficient (Wildman–Crippen LogP) is 2.25. The number of aliphatic hydroxyl groups is 2. The molecule has 2 aromatic carbocycles. The van der Waals surface area contributed by atoms with E-state index in [4.69, 9.17) is 15.3 Å². The van der Waals surface area contributed by atoms with E-state index in [1.807, 2.05) is 6.07 Å². The predicted molar refractivity (Wildman–Crippen MR) is 68.0 cm³/mol.